The van der Waals surface area contributed by atoms with Gasteiger partial charge in [-0.1, -0.05) is 41.0 Å². The number of carbonyl (C=O) groups is 2. The quantitative estimate of drug-likeness (QED) is 0.271. The molecular formula is C23H37NO3S. The second-order valence-corrected chi connectivity index (χ2v) is 8.30. The van der Waals surface area contributed by atoms with Crippen LogP contribution in [0.2, 0.25) is 0 Å². The van der Waals surface area contributed by atoms with Gasteiger partial charge in [0, 0.05) is 18.4 Å². The van der Waals surface area contributed by atoms with Crippen LogP contribution in [0.25, 0.3) is 0 Å². The van der Waals surface area contributed by atoms with Crippen LogP contribution in [0.3, 0.4) is 0 Å². The summed E-state index contributed by atoms with van der Waals surface area (Å²) in [6.45, 7) is 11.6. The van der Waals surface area contributed by atoms with E-state index in [0.717, 1.165) is 44.3 Å². The summed E-state index contributed by atoms with van der Waals surface area (Å²) in [4.78, 5) is 22.2. The van der Waals surface area contributed by atoms with Gasteiger partial charge in [-0.05, 0) is 59.3 Å². The molecule has 5 heteroatoms. The molecule has 4 nitrogen and oxygen atoms in total. The Balaban J connectivity index is 4.51. The Morgan fingerprint density at radius 3 is 2.21 bits per heavy atom. The molecular weight excluding hydrogens is 370 g/mol. The van der Waals surface area contributed by atoms with E-state index < -0.39 is 12.0 Å². The SMILES string of the molecule is C=CCC/C(=C\CSC[C@H](NC(C)=O)C(=O)O)CC/C=C(\C)CCC=C(C)C. The number of carboxylic acid groups (broad SMARTS) is 1. The number of thioether (sulfide) groups is 1. The van der Waals surface area contributed by atoms with E-state index in [1.165, 1.54) is 35.4 Å². The summed E-state index contributed by atoms with van der Waals surface area (Å²) in [6.07, 6.45) is 14.9. The Morgan fingerprint density at radius 2 is 1.64 bits per heavy atom. The van der Waals surface area contributed by atoms with Gasteiger partial charge < -0.3 is 10.4 Å². The van der Waals surface area contributed by atoms with Crippen molar-refractivity contribution in [1.82, 2.24) is 5.32 Å². The minimum absolute atomic E-state index is 0.318. The molecule has 0 radical (unpaired) electrons. The molecule has 0 aliphatic carbocycles. The van der Waals surface area contributed by atoms with Gasteiger partial charge in [0.2, 0.25) is 5.91 Å². The number of rotatable bonds is 15. The van der Waals surface area contributed by atoms with Gasteiger partial charge >= 0.3 is 5.97 Å². The third-order valence-electron chi connectivity index (χ3n) is 4.17. The molecule has 0 rings (SSSR count). The molecule has 1 atom stereocenters. The second kappa shape index (κ2) is 16.2. The molecule has 0 aromatic rings. The van der Waals surface area contributed by atoms with Crippen LogP contribution in [0, 0.1) is 0 Å². The fraction of sp³-hybridized carbons (Fsp3) is 0.565. The lowest BCUT2D eigenvalue weighted by Crippen LogP contribution is -2.41. The maximum absolute atomic E-state index is 11.2. The van der Waals surface area contributed by atoms with Crippen LogP contribution in [0.5, 0.6) is 0 Å². The van der Waals surface area contributed by atoms with E-state index >= 15 is 0 Å². The van der Waals surface area contributed by atoms with Gasteiger partial charge in [0.1, 0.15) is 6.04 Å². The van der Waals surface area contributed by atoms with Crippen LogP contribution in [0.4, 0.5) is 0 Å². The third kappa shape index (κ3) is 15.3. The van der Waals surface area contributed by atoms with Crippen molar-refractivity contribution in [2.45, 2.75) is 72.3 Å². The molecule has 0 aliphatic rings. The largest absolute Gasteiger partial charge is 0.480 e. The van der Waals surface area contributed by atoms with Gasteiger partial charge in [-0.2, -0.15) is 11.8 Å². The van der Waals surface area contributed by atoms with E-state index in [1.807, 2.05) is 6.08 Å². The van der Waals surface area contributed by atoms with Crippen molar-refractivity contribution in [3.8, 4) is 0 Å². The number of nitrogens with one attached hydrogen (secondary N) is 1. The van der Waals surface area contributed by atoms with Crippen molar-refractivity contribution in [2.75, 3.05) is 11.5 Å². The summed E-state index contributed by atoms with van der Waals surface area (Å²) in [5.41, 5.74) is 4.17. The molecule has 0 saturated carbocycles. The fourth-order valence-electron chi connectivity index (χ4n) is 2.59. The van der Waals surface area contributed by atoms with E-state index in [2.05, 4.69) is 50.9 Å². The lowest BCUT2D eigenvalue weighted by atomic mass is 10.0. The molecule has 0 fully saturated rings. The number of carboxylic acids is 1. The minimum atomic E-state index is -0.993. The van der Waals surface area contributed by atoms with Crippen LogP contribution in [-0.2, 0) is 9.59 Å². The number of allylic oxidation sites excluding steroid dienone is 6. The zero-order chi connectivity index (χ0) is 21.4. The van der Waals surface area contributed by atoms with E-state index in [-0.39, 0.29) is 5.91 Å². The highest BCUT2D eigenvalue weighted by molar-refractivity contribution is 7.99. The highest BCUT2D eigenvalue weighted by Crippen LogP contribution is 2.17. The Morgan fingerprint density at radius 1 is 1.00 bits per heavy atom. The predicted molar refractivity (Wildman–Crippen MR) is 122 cm³/mol. The molecule has 28 heavy (non-hydrogen) atoms. The fourth-order valence-corrected chi connectivity index (χ4v) is 3.55. The van der Waals surface area contributed by atoms with Crippen molar-refractivity contribution in [1.29, 1.82) is 0 Å². The van der Waals surface area contributed by atoms with Gasteiger partial charge in [0.05, 0.1) is 0 Å². The topological polar surface area (TPSA) is 66.4 Å². The second-order valence-electron chi connectivity index (χ2n) is 7.23. The molecule has 0 heterocycles. The highest BCUT2D eigenvalue weighted by atomic mass is 32.2. The van der Waals surface area contributed by atoms with Crippen molar-refractivity contribution in [3.05, 3.63) is 47.6 Å². The van der Waals surface area contributed by atoms with Crippen LogP contribution in [0.15, 0.2) is 47.6 Å². The Hall–Kier alpha value is -1.75. The van der Waals surface area contributed by atoms with Crippen molar-refractivity contribution in [3.63, 3.8) is 0 Å². The van der Waals surface area contributed by atoms with Gasteiger partial charge in [-0.25, -0.2) is 4.79 Å². The summed E-state index contributed by atoms with van der Waals surface area (Å²) in [7, 11) is 0. The summed E-state index contributed by atoms with van der Waals surface area (Å²) in [5, 5.41) is 11.6. The molecule has 2 N–H and O–H groups in total. The van der Waals surface area contributed by atoms with Gasteiger partial charge in [0.25, 0.3) is 0 Å². The predicted octanol–water partition coefficient (Wildman–Crippen LogP) is 5.67. The first-order chi connectivity index (χ1) is 13.3. The number of hydrogen-bond acceptors (Lipinski definition) is 3. The van der Waals surface area contributed by atoms with E-state index in [9.17, 15) is 9.59 Å². The van der Waals surface area contributed by atoms with E-state index in [1.54, 1.807) is 0 Å². The first kappa shape index (κ1) is 26.2. The van der Waals surface area contributed by atoms with Crippen LogP contribution in [-0.4, -0.2) is 34.5 Å². The van der Waals surface area contributed by atoms with Gasteiger partial charge in [-0.3, -0.25) is 4.79 Å². The Kier molecular flexibility index (Phi) is 15.2. The molecule has 0 aromatic carbocycles. The summed E-state index contributed by atoms with van der Waals surface area (Å²) in [6, 6.07) is -0.834. The number of amides is 1. The average molecular weight is 408 g/mol. The molecule has 0 aliphatic heterocycles. The molecule has 0 spiro atoms. The number of hydrogen-bond donors (Lipinski definition) is 2. The lowest BCUT2D eigenvalue weighted by Gasteiger charge is -2.12. The van der Waals surface area contributed by atoms with Crippen LogP contribution < -0.4 is 5.32 Å². The van der Waals surface area contributed by atoms with Gasteiger partial charge in [-0.15, -0.1) is 6.58 Å². The molecule has 0 bridgehead atoms. The molecule has 158 valence electrons. The molecule has 1 amide bonds. The van der Waals surface area contributed by atoms with Crippen LogP contribution in [0.1, 0.15) is 66.2 Å². The van der Waals surface area contributed by atoms with Crippen molar-refractivity contribution < 1.29 is 14.7 Å². The van der Waals surface area contributed by atoms with E-state index in [4.69, 9.17) is 5.11 Å². The monoisotopic (exact) mass is 407 g/mol. The van der Waals surface area contributed by atoms with E-state index in [0.29, 0.717) is 5.75 Å². The van der Waals surface area contributed by atoms with Gasteiger partial charge in [0.15, 0.2) is 0 Å². The normalized spacial score (nSPS) is 13.0. The number of aliphatic carboxylic acids is 1. The standard InChI is InChI=1S/C23H37NO3S/c1-6-7-13-21(14-9-12-19(4)11-8-10-18(2)3)15-16-28-17-22(23(26)27)24-20(5)25/h6,10,12,15,22H,1,7-9,11,13-14,16-17H2,2-5H3,(H,24,25)(H,26,27)/b19-12+,21-15+/t22-/m0/s1. The molecule has 0 aromatic heterocycles. The van der Waals surface area contributed by atoms with Crippen molar-refractivity contribution >= 4 is 23.6 Å². The first-order valence-corrected chi connectivity index (χ1v) is 11.1. The average Bonchev–Trinajstić information content (AvgIpc) is 2.60. The summed E-state index contributed by atoms with van der Waals surface area (Å²) >= 11 is 1.53. The van der Waals surface area contributed by atoms with Crippen LogP contribution >= 0.6 is 11.8 Å². The zero-order valence-electron chi connectivity index (χ0n) is 17.9. The third-order valence-corrected chi connectivity index (χ3v) is 5.14. The highest BCUT2D eigenvalue weighted by Gasteiger charge is 2.17. The number of carbonyl (C=O) groups excluding carboxylic acids is 1. The molecule has 0 saturated heterocycles. The minimum Gasteiger partial charge on any atom is -0.480 e. The van der Waals surface area contributed by atoms with Crippen molar-refractivity contribution in [2.24, 2.45) is 0 Å². The first-order valence-electron chi connectivity index (χ1n) is 9.91. The smallest absolute Gasteiger partial charge is 0.327 e. The summed E-state index contributed by atoms with van der Waals surface area (Å²) < 4.78 is 0. The zero-order valence-corrected chi connectivity index (χ0v) is 18.7. The summed E-state index contributed by atoms with van der Waals surface area (Å²) in [5.74, 6) is -0.197. The maximum atomic E-state index is 11.2. The Bertz CT molecular complexity index is 587. The maximum Gasteiger partial charge on any atom is 0.327 e. The Labute approximate surface area is 175 Å². The lowest BCUT2D eigenvalue weighted by molar-refractivity contribution is -0.140. The molecule has 0 unspecified atom stereocenters.